The van der Waals surface area contributed by atoms with Crippen LogP contribution < -0.4 is 11.1 Å². The second-order valence-corrected chi connectivity index (χ2v) is 5.89. The number of hydrogen-bond donors (Lipinski definition) is 2. The van der Waals surface area contributed by atoms with Crippen molar-refractivity contribution in [3.8, 4) is 0 Å². The molecule has 3 N–H and O–H groups in total. The molecule has 0 fully saturated rings. The SMILES string of the molecule is CC(CC(N)=O)NCC(=O)N1CCc2sccc2C1. The second kappa shape index (κ2) is 6.16. The molecule has 19 heavy (non-hydrogen) atoms. The predicted octanol–water partition coefficient (Wildman–Crippen LogP) is 0.486. The quantitative estimate of drug-likeness (QED) is 0.824. The lowest BCUT2D eigenvalue weighted by atomic mass is 10.1. The number of fused-ring (bicyclic) bond motifs is 1. The average Bonchev–Trinajstić information content (AvgIpc) is 2.82. The number of primary amides is 1. The van der Waals surface area contributed by atoms with Gasteiger partial charge in [0.25, 0.3) is 0 Å². The Labute approximate surface area is 116 Å². The molecule has 0 aromatic carbocycles. The topological polar surface area (TPSA) is 75.4 Å². The van der Waals surface area contributed by atoms with Gasteiger partial charge in [-0.15, -0.1) is 11.3 Å². The van der Waals surface area contributed by atoms with Crippen LogP contribution in [-0.2, 0) is 22.6 Å². The van der Waals surface area contributed by atoms with Crippen LogP contribution in [0.25, 0.3) is 0 Å². The molecule has 2 rings (SSSR count). The Kier molecular flexibility index (Phi) is 4.55. The van der Waals surface area contributed by atoms with Crippen molar-refractivity contribution in [1.29, 1.82) is 0 Å². The molecule has 0 bridgehead atoms. The second-order valence-electron chi connectivity index (χ2n) is 4.89. The van der Waals surface area contributed by atoms with Crippen LogP contribution in [0.3, 0.4) is 0 Å². The van der Waals surface area contributed by atoms with Gasteiger partial charge in [-0.1, -0.05) is 0 Å². The summed E-state index contributed by atoms with van der Waals surface area (Å²) in [6.07, 6.45) is 1.19. The minimum absolute atomic E-state index is 0.0667. The number of rotatable bonds is 5. The first kappa shape index (κ1) is 14.0. The van der Waals surface area contributed by atoms with E-state index >= 15 is 0 Å². The van der Waals surface area contributed by atoms with Crippen molar-refractivity contribution >= 4 is 23.2 Å². The predicted molar refractivity (Wildman–Crippen MR) is 74.7 cm³/mol. The van der Waals surface area contributed by atoms with Gasteiger partial charge in [0.15, 0.2) is 0 Å². The van der Waals surface area contributed by atoms with Gasteiger partial charge < -0.3 is 16.0 Å². The maximum absolute atomic E-state index is 12.1. The van der Waals surface area contributed by atoms with E-state index in [1.807, 2.05) is 11.8 Å². The summed E-state index contributed by atoms with van der Waals surface area (Å²) in [5.74, 6) is -0.276. The standard InChI is InChI=1S/C13H19N3O2S/c1-9(6-12(14)17)15-7-13(18)16-4-2-11-10(8-16)3-5-19-11/h3,5,9,15H,2,4,6-8H2,1H3,(H2,14,17). The Morgan fingerprint density at radius 1 is 1.58 bits per heavy atom. The van der Waals surface area contributed by atoms with Crippen LogP contribution >= 0.6 is 11.3 Å². The zero-order valence-corrected chi connectivity index (χ0v) is 11.8. The lowest BCUT2D eigenvalue weighted by Gasteiger charge is -2.27. The number of carbonyl (C=O) groups is 2. The van der Waals surface area contributed by atoms with Crippen molar-refractivity contribution in [1.82, 2.24) is 10.2 Å². The van der Waals surface area contributed by atoms with Crippen molar-refractivity contribution in [2.75, 3.05) is 13.1 Å². The maximum Gasteiger partial charge on any atom is 0.236 e. The van der Waals surface area contributed by atoms with Gasteiger partial charge in [0.2, 0.25) is 11.8 Å². The Bertz CT molecular complexity index is 472. The molecule has 0 radical (unpaired) electrons. The largest absolute Gasteiger partial charge is 0.370 e. The molecule has 1 atom stereocenters. The molecule has 0 saturated heterocycles. The fraction of sp³-hybridized carbons (Fsp3) is 0.538. The van der Waals surface area contributed by atoms with Gasteiger partial charge in [-0.25, -0.2) is 0 Å². The molecule has 1 aromatic heterocycles. The zero-order chi connectivity index (χ0) is 13.8. The molecule has 0 spiro atoms. The fourth-order valence-corrected chi connectivity index (χ4v) is 3.10. The molecule has 5 nitrogen and oxygen atoms in total. The molecule has 0 saturated carbocycles. The fourth-order valence-electron chi connectivity index (χ4n) is 2.21. The molecule has 1 aliphatic rings. The Morgan fingerprint density at radius 3 is 3.11 bits per heavy atom. The number of carbonyl (C=O) groups excluding carboxylic acids is 2. The Balaban J connectivity index is 1.80. The van der Waals surface area contributed by atoms with E-state index in [-0.39, 0.29) is 30.8 Å². The number of hydrogen-bond acceptors (Lipinski definition) is 4. The van der Waals surface area contributed by atoms with Gasteiger partial charge >= 0.3 is 0 Å². The molecule has 1 unspecified atom stereocenters. The zero-order valence-electron chi connectivity index (χ0n) is 11.0. The van der Waals surface area contributed by atoms with Crippen LogP contribution in [-0.4, -0.2) is 35.8 Å². The highest BCUT2D eigenvalue weighted by atomic mass is 32.1. The van der Waals surface area contributed by atoms with E-state index in [0.29, 0.717) is 6.54 Å². The normalized spacial score (nSPS) is 15.9. The Morgan fingerprint density at radius 2 is 2.37 bits per heavy atom. The summed E-state index contributed by atoms with van der Waals surface area (Å²) in [5, 5.41) is 5.11. The third-order valence-corrected chi connectivity index (χ3v) is 4.29. The molecule has 2 amide bonds. The van der Waals surface area contributed by atoms with E-state index in [4.69, 9.17) is 5.73 Å². The van der Waals surface area contributed by atoms with Crippen molar-refractivity contribution in [3.63, 3.8) is 0 Å². The first-order chi connectivity index (χ1) is 9.06. The molecule has 6 heteroatoms. The first-order valence-electron chi connectivity index (χ1n) is 6.41. The van der Waals surface area contributed by atoms with Gasteiger partial charge in [0.05, 0.1) is 6.54 Å². The monoisotopic (exact) mass is 281 g/mol. The van der Waals surface area contributed by atoms with Crippen molar-refractivity contribution in [2.45, 2.75) is 32.4 Å². The number of nitrogens with one attached hydrogen (secondary N) is 1. The minimum atomic E-state index is -0.353. The number of thiophene rings is 1. The molecule has 2 heterocycles. The molecular weight excluding hydrogens is 262 g/mol. The van der Waals surface area contributed by atoms with Crippen LogP contribution in [0.1, 0.15) is 23.8 Å². The third-order valence-electron chi connectivity index (χ3n) is 3.27. The van der Waals surface area contributed by atoms with Gasteiger partial charge in [-0.3, -0.25) is 9.59 Å². The van der Waals surface area contributed by atoms with E-state index in [0.717, 1.165) is 13.0 Å². The van der Waals surface area contributed by atoms with Crippen molar-refractivity contribution < 1.29 is 9.59 Å². The van der Waals surface area contributed by atoms with E-state index in [2.05, 4.69) is 16.8 Å². The molecular formula is C13H19N3O2S. The van der Waals surface area contributed by atoms with Crippen LogP contribution in [0.2, 0.25) is 0 Å². The van der Waals surface area contributed by atoms with E-state index in [9.17, 15) is 9.59 Å². The highest BCUT2D eigenvalue weighted by Crippen LogP contribution is 2.23. The van der Waals surface area contributed by atoms with Crippen LogP contribution in [0.15, 0.2) is 11.4 Å². The van der Waals surface area contributed by atoms with Crippen LogP contribution in [0.5, 0.6) is 0 Å². The third kappa shape index (κ3) is 3.78. The summed E-state index contributed by atoms with van der Waals surface area (Å²) in [4.78, 5) is 26.1. The maximum atomic E-state index is 12.1. The summed E-state index contributed by atoms with van der Waals surface area (Å²) < 4.78 is 0. The van der Waals surface area contributed by atoms with Crippen molar-refractivity contribution in [2.24, 2.45) is 5.73 Å². The summed E-state index contributed by atoms with van der Waals surface area (Å²) in [7, 11) is 0. The summed E-state index contributed by atoms with van der Waals surface area (Å²) in [6, 6.07) is 2.02. The van der Waals surface area contributed by atoms with Gasteiger partial charge in [-0.05, 0) is 30.4 Å². The van der Waals surface area contributed by atoms with E-state index in [1.165, 1.54) is 10.4 Å². The molecule has 0 aliphatic carbocycles. The number of amides is 2. The van der Waals surface area contributed by atoms with Gasteiger partial charge in [-0.2, -0.15) is 0 Å². The number of nitrogens with two attached hydrogens (primary N) is 1. The smallest absolute Gasteiger partial charge is 0.236 e. The van der Waals surface area contributed by atoms with Crippen LogP contribution in [0, 0.1) is 0 Å². The number of nitrogens with zero attached hydrogens (tertiary/aromatic N) is 1. The lowest BCUT2D eigenvalue weighted by Crippen LogP contribution is -2.43. The summed E-state index contributed by atoms with van der Waals surface area (Å²) in [6.45, 7) is 3.58. The summed E-state index contributed by atoms with van der Waals surface area (Å²) >= 11 is 1.76. The average molecular weight is 281 g/mol. The van der Waals surface area contributed by atoms with Gasteiger partial charge in [0, 0.05) is 30.4 Å². The highest BCUT2D eigenvalue weighted by Gasteiger charge is 2.21. The molecule has 1 aromatic rings. The van der Waals surface area contributed by atoms with Crippen molar-refractivity contribution in [3.05, 3.63) is 21.9 Å². The first-order valence-corrected chi connectivity index (χ1v) is 7.29. The highest BCUT2D eigenvalue weighted by molar-refractivity contribution is 7.10. The summed E-state index contributed by atoms with van der Waals surface area (Å²) in [5.41, 5.74) is 6.37. The Hall–Kier alpha value is -1.40. The minimum Gasteiger partial charge on any atom is -0.370 e. The van der Waals surface area contributed by atoms with Gasteiger partial charge in [0.1, 0.15) is 0 Å². The lowest BCUT2D eigenvalue weighted by molar-refractivity contribution is -0.131. The molecule has 104 valence electrons. The van der Waals surface area contributed by atoms with E-state index in [1.54, 1.807) is 11.3 Å². The van der Waals surface area contributed by atoms with Crippen LogP contribution in [0.4, 0.5) is 0 Å². The molecule has 1 aliphatic heterocycles. The van der Waals surface area contributed by atoms with E-state index < -0.39 is 0 Å².